The fraction of sp³-hybridized carbons (Fsp3) is 0.222. The molecular weight excluding hydrogens is 370 g/mol. The molecule has 8 nitrogen and oxygen atoms in total. The Labute approximate surface area is 157 Å². The van der Waals surface area contributed by atoms with Gasteiger partial charge >= 0.3 is 5.97 Å². The van der Waals surface area contributed by atoms with Crippen molar-refractivity contribution < 1.29 is 14.3 Å². The number of amides is 1. The van der Waals surface area contributed by atoms with Gasteiger partial charge in [-0.15, -0.1) is 11.3 Å². The van der Waals surface area contributed by atoms with Gasteiger partial charge in [-0.1, -0.05) is 12.1 Å². The van der Waals surface area contributed by atoms with Crippen molar-refractivity contribution in [2.45, 2.75) is 20.4 Å². The summed E-state index contributed by atoms with van der Waals surface area (Å²) in [6.07, 6.45) is 0. The van der Waals surface area contributed by atoms with Gasteiger partial charge in [0, 0.05) is 0 Å². The highest BCUT2D eigenvalue weighted by Crippen LogP contribution is 2.27. The van der Waals surface area contributed by atoms with Gasteiger partial charge in [0.05, 0.1) is 22.4 Å². The molecule has 0 radical (unpaired) electrons. The van der Waals surface area contributed by atoms with Crippen molar-refractivity contribution in [2.75, 3.05) is 11.9 Å². The number of aromatic nitrogens is 2. The molecule has 0 aliphatic heterocycles. The van der Waals surface area contributed by atoms with Gasteiger partial charge in [0.1, 0.15) is 11.4 Å². The molecule has 0 bridgehead atoms. The fourth-order valence-corrected chi connectivity index (χ4v) is 3.60. The third-order valence-corrected chi connectivity index (χ3v) is 4.96. The maximum absolute atomic E-state index is 12.4. The number of aryl methyl sites for hydroxylation is 1. The summed E-state index contributed by atoms with van der Waals surface area (Å²) in [5.74, 6) is -0.949. The van der Waals surface area contributed by atoms with E-state index in [4.69, 9.17) is 4.74 Å². The van der Waals surface area contributed by atoms with E-state index in [1.165, 1.54) is 6.07 Å². The maximum Gasteiger partial charge on any atom is 0.348 e. The SMILES string of the molecule is CCOC(=O)c1sc(NC(=O)Cn2[nH]c(=O)c3ccccc3c2=O)cc1C. The van der Waals surface area contributed by atoms with Crippen molar-refractivity contribution in [3.8, 4) is 0 Å². The number of hydrogen-bond acceptors (Lipinski definition) is 6. The molecule has 3 rings (SSSR count). The normalized spacial score (nSPS) is 10.7. The Morgan fingerprint density at radius 1 is 1.22 bits per heavy atom. The quantitative estimate of drug-likeness (QED) is 0.650. The zero-order valence-electron chi connectivity index (χ0n) is 14.7. The molecule has 0 aliphatic rings. The third kappa shape index (κ3) is 3.82. The number of carbonyl (C=O) groups is 2. The number of carbonyl (C=O) groups excluding carboxylic acids is 2. The Balaban J connectivity index is 1.81. The summed E-state index contributed by atoms with van der Waals surface area (Å²) in [7, 11) is 0. The third-order valence-electron chi connectivity index (χ3n) is 3.83. The van der Waals surface area contributed by atoms with Gasteiger partial charge in [-0.05, 0) is 37.6 Å². The monoisotopic (exact) mass is 387 g/mol. The number of aromatic amines is 1. The lowest BCUT2D eigenvalue weighted by Gasteiger charge is -2.07. The van der Waals surface area contributed by atoms with Gasteiger partial charge in [-0.3, -0.25) is 19.5 Å². The van der Waals surface area contributed by atoms with Crippen LogP contribution in [0.2, 0.25) is 0 Å². The Kier molecular flexibility index (Phi) is 5.22. The lowest BCUT2D eigenvalue weighted by Crippen LogP contribution is -2.34. The molecule has 27 heavy (non-hydrogen) atoms. The summed E-state index contributed by atoms with van der Waals surface area (Å²) in [4.78, 5) is 49.1. The molecule has 0 atom stereocenters. The molecule has 0 saturated carbocycles. The van der Waals surface area contributed by atoms with E-state index in [2.05, 4.69) is 10.4 Å². The molecule has 9 heteroatoms. The molecule has 1 aromatic carbocycles. The molecule has 2 heterocycles. The van der Waals surface area contributed by atoms with Crippen LogP contribution in [-0.2, 0) is 16.1 Å². The van der Waals surface area contributed by atoms with Crippen molar-refractivity contribution in [3.05, 3.63) is 61.5 Å². The Morgan fingerprint density at radius 2 is 1.93 bits per heavy atom. The molecule has 0 saturated heterocycles. The Morgan fingerprint density at radius 3 is 2.63 bits per heavy atom. The second-order valence-electron chi connectivity index (χ2n) is 5.77. The number of thiophene rings is 1. The molecule has 2 N–H and O–H groups in total. The summed E-state index contributed by atoms with van der Waals surface area (Å²) in [6, 6.07) is 8.05. The summed E-state index contributed by atoms with van der Waals surface area (Å²) < 4.78 is 5.93. The zero-order valence-corrected chi connectivity index (χ0v) is 15.5. The predicted molar refractivity (Wildman–Crippen MR) is 102 cm³/mol. The second-order valence-corrected chi connectivity index (χ2v) is 6.82. The van der Waals surface area contributed by atoms with Gasteiger partial charge in [0.2, 0.25) is 5.91 Å². The number of benzene rings is 1. The van der Waals surface area contributed by atoms with E-state index in [9.17, 15) is 19.2 Å². The van der Waals surface area contributed by atoms with E-state index in [0.717, 1.165) is 16.0 Å². The average Bonchev–Trinajstić information content (AvgIpc) is 3.00. The number of hydrogen-bond donors (Lipinski definition) is 2. The summed E-state index contributed by atoms with van der Waals surface area (Å²) in [5, 5.41) is 6.00. The molecule has 1 amide bonds. The molecule has 3 aromatic rings. The Hall–Kier alpha value is -3.20. The minimum absolute atomic E-state index is 0.241. The number of fused-ring (bicyclic) bond motifs is 1. The second kappa shape index (κ2) is 7.58. The summed E-state index contributed by atoms with van der Waals surface area (Å²) >= 11 is 1.09. The molecule has 0 fully saturated rings. The largest absolute Gasteiger partial charge is 0.462 e. The van der Waals surface area contributed by atoms with Crippen LogP contribution in [0, 0.1) is 6.92 Å². The maximum atomic E-state index is 12.4. The van der Waals surface area contributed by atoms with E-state index < -0.39 is 23.0 Å². The first-order chi connectivity index (χ1) is 12.9. The summed E-state index contributed by atoms with van der Waals surface area (Å²) in [6.45, 7) is 3.36. The van der Waals surface area contributed by atoms with Crippen LogP contribution in [0.1, 0.15) is 22.2 Å². The van der Waals surface area contributed by atoms with E-state index in [1.54, 1.807) is 38.1 Å². The molecule has 140 valence electrons. The number of esters is 1. The number of nitrogens with zero attached hydrogens (tertiary/aromatic N) is 1. The minimum Gasteiger partial charge on any atom is -0.462 e. The average molecular weight is 387 g/mol. The van der Waals surface area contributed by atoms with Crippen LogP contribution in [0.5, 0.6) is 0 Å². The number of H-pyrrole nitrogens is 1. The van der Waals surface area contributed by atoms with Crippen molar-refractivity contribution in [2.24, 2.45) is 0 Å². The number of rotatable bonds is 5. The first-order valence-electron chi connectivity index (χ1n) is 8.20. The highest BCUT2D eigenvalue weighted by Gasteiger charge is 2.16. The van der Waals surface area contributed by atoms with Crippen molar-refractivity contribution in [1.82, 2.24) is 9.78 Å². The number of ether oxygens (including phenoxy) is 1. The lowest BCUT2D eigenvalue weighted by molar-refractivity contribution is -0.117. The van der Waals surface area contributed by atoms with Gasteiger partial charge < -0.3 is 10.1 Å². The number of anilines is 1. The first-order valence-corrected chi connectivity index (χ1v) is 9.01. The van der Waals surface area contributed by atoms with Gasteiger partial charge in [-0.25, -0.2) is 9.48 Å². The fourth-order valence-electron chi connectivity index (χ4n) is 2.62. The molecular formula is C18H17N3O5S. The van der Waals surface area contributed by atoms with Crippen LogP contribution < -0.4 is 16.4 Å². The van der Waals surface area contributed by atoms with Crippen LogP contribution in [-0.4, -0.2) is 28.3 Å². The molecule has 2 aromatic heterocycles. The number of nitrogens with one attached hydrogen (secondary N) is 2. The van der Waals surface area contributed by atoms with E-state index in [-0.39, 0.29) is 23.9 Å². The van der Waals surface area contributed by atoms with Gasteiger partial charge in [0.25, 0.3) is 11.1 Å². The highest BCUT2D eigenvalue weighted by atomic mass is 32.1. The van der Waals surface area contributed by atoms with Crippen LogP contribution in [0.15, 0.2) is 39.9 Å². The van der Waals surface area contributed by atoms with Crippen molar-refractivity contribution in [1.29, 1.82) is 0 Å². The van der Waals surface area contributed by atoms with Gasteiger partial charge in [-0.2, -0.15) is 0 Å². The summed E-state index contributed by atoms with van der Waals surface area (Å²) in [5.41, 5.74) is -0.227. The van der Waals surface area contributed by atoms with Crippen molar-refractivity contribution in [3.63, 3.8) is 0 Å². The van der Waals surface area contributed by atoms with E-state index in [0.29, 0.717) is 15.4 Å². The smallest absolute Gasteiger partial charge is 0.348 e. The Bertz CT molecular complexity index is 1140. The van der Waals surface area contributed by atoms with Crippen LogP contribution in [0.3, 0.4) is 0 Å². The first kappa shape index (κ1) is 18.6. The van der Waals surface area contributed by atoms with Crippen molar-refractivity contribution >= 4 is 39.0 Å². The molecule has 0 aliphatic carbocycles. The van der Waals surface area contributed by atoms with Crippen LogP contribution >= 0.6 is 11.3 Å². The zero-order chi connectivity index (χ0) is 19.6. The molecule has 0 unspecified atom stereocenters. The van der Waals surface area contributed by atoms with Gasteiger partial charge in [0.15, 0.2) is 0 Å². The highest BCUT2D eigenvalue weighted by molar-refractivity contribution is 7.18. The lowest BCUT2D eigenvalue weighted by atomic mass is 10.2. The van der Waals surface area contributed by atoms with E-state index in [1.807, 2.05) is 0 Å². The predicted octanol–water partition coefficient (Wildman–Crippen LogP) is 1.88. The topological polar surface area (TPSA) is 110 Å². The minimum atomic E-state index is -0.500. The van der Waals surface area contributed by atoms with Crippen LogP contribution in [0.25, 0.3) is 10.8 Å². The van der Waals surface area contributed by atoms with E-state index >= 15 is 0 Å². The van der Waals surface area contributed by atoms with Crippen LogP contribution in [0.4, 0.5) is 5.00 Å². The standard InChI is InChI=1S/C18H17N3O5S/c1-3-26-18(25)15-10(2)8-14(27-15)19-13(22)9-21-17(24)12-7-5-4-6-11(12)16(23)20-21/h4-8H,3,9H2,1-2H3,(H,19,22)(H,20,23). The molecule has 0 spiro atoms.